The molecule has 0 heterocycles. The molecule has 0 amide bonds. The van der Waals surface area contributed by atoms with Crippen LogP contribution in [-0.2, 0) is 0 Å². The van der Waals surface area contributed by atoms with Gasteiger partial charge in [-0.15, -0.1) is 0 Å². The molecule has 1 rings (SSSR count). The molecule has 4 nitrogen and oxygen atoms in total. The molecule has 40 heavy (non-hydrogen) atoms. The Bertz CT molecular complexity index is 617. The summed E-state index contributed by atoms with van der Waals surface area (Å²) < 4.78 is 14.1. The smallest absolute Gasteiger partial charge is 0.119 e. The normalized spacial score (nSPS) is 12.2. The molecule has 0 unspecified atom stereocenters. The molecule has 0 aliphatic rings. The van der Waals surface area contributed by atoms with Gasteiger partial charge < -0.3 is 18.4 Å². The lowest BCUT2D eigenvalue weighted by Crippen LogP contribution is -2.35. The zero-order valence-corrected chi connectivity index (χ0v) is 28.0. The van der Waals surface area contributed by atoms with E-state index in [1.807, 2.05) is 0 Å². The first kappa shape index (κ1) is 36.8. The molecule has 0 aliphatic carbocycles. The number of unbranched alkanes of at least 4 members (excludes halogenated alkanes) is 18. The molecule has 0 atom stereocenters. The average molecular weight is 563 g/mol. The van der Waals surface area contributed by atoms with Crippen molar-refractivity contribution < 1.29 is 18.4 Å². The van der Waals surface area contributed by atoms with Crippen LogP contribution in [0.5, 0.6) is 11.5 Å². The number of rotatable bonds is 28. The monoisotopic (exact) mass is 563 g/mol. The lowest BCUT2D eigenvalue weighted by atomic mass is 10.1. The van der Waals surface area contributed by atoms with E-state index in [4.69, 9.17) is 9.47 Å². The first-order valence-electron chi connectivity index (χ1n) is 17.1. The Morgan fingerprint density at radius 3 is 0.825 bits per heavy atom. The second kappa shape index (κ2) is 23.3. The molecule has 0 spiro atoms. The summed E-state index contributed by atoms with van der Waals surface area (Å²) in [6, 6.07) is 8.21. The molecular formula is C36H70N2O2+2. The number of nitrogens with zero attached hydrogens (tertiary/aromatic N) is 2. The second-order valence-corrected chi connectivity index (χ2v) is 14.3. The van der Waals surface area contributed by atoms with Gasteiger partial charge in [0.2, 0.25) is 0 Å². The predicted octanol–water partition coefficient (Wildman–Crippen LogP) is 9.66. The number of ether oxygens (including phenoxy) is 2. The van der Waals surface area contributed by atoms with E-state index in [2.05, 4.69) is 66.6 Å². The fourth-order valence-corrected chi connectivity index (χ4v) is 5.22. The Morgan fingerprint density at radius 2 is 0.575 bits per heavy atom. The summed E-state index contributed by atoms with van der Waals surface area (Å²) in [5, 5.41) is 0. The van der Waals surface area contributed by atoms with Crippen molar-refractivity contribution in [1.29, 1.82) is 0 Å². The maximum atomic E-state index is 5.94. The van der Waals surface area contributed by atoms with Crippen LogP contribution in [0, 0.1) is 0 Å². The minimum Gasteiger partial charge on any atom is -0.494 e. The summed E-state index contributed by atoms with van der Waals surface area (Å²) >= 11 is 0. The van der Waals surface area contributed by atoms with Crippen LogP contribution in [0.3, 0.4) is 0 Å². The molecule has 0 saturated heterocycles. The minimum absolute atomic E-state index is 0.822. The van der Waals surface area contributed by atoms with Crippen LogP contribution >= 0.6 is 0 Å². The lowest BCUT2D eigenvalue weighted by Gasteiger charge is -2.23. The van der Waals surface area contributed by atoms with E-state index >= 15 is 0 Å². The molecule has 0 saturated carbocycles. The molecule has 1 aromatic rings. The van der Waals surface area contributed by atoms with Gasteiger partial charge in [-0.3, -0.25) is 0 Å². The van der Waals surface area contributed by atoms with E-state index in [-0.39, 0.29) is 0 Å². The highest BCUT2D eigenvalue weighted by Gasteiger charge is 2.06. The van der Waals surface area contributed by atoms with Gasteiger partial charge >= 0.3 is 0 Å². The second-order valence-electron chi connectivity index (χ2n) is 14.3. The SMILES string of the molecule is C[N+](C)(C)CCCCCCCCCCCCOc1ccc(OCCCCCCCCCCCC[N+](C)(C)C)cc1. The van der Waals surface area contributed by atoms with Crippen molar-refractivity contribution in [3.05, 3.63) is 24.3 Å². The van der Waals surface area contributed by atoms with Gasteiger partial charge in [0, 0.05) is 0 Å². The third kappa shape index (κ3) is 25.7. The van der Waals surface area contributed by atoms with E-state index in [9.17, 15) is 0 Å². The van der Waals surface area contributed by atoms with Crippen LogP contribution in [0.25, 0.3) is 0 Å². The molecular weight excluding hydrogens is 492 g/mol. The summed E-state index contributed by atoms with van der Waals surface area (Å²) in [4.78, 5) is 0. The summed E-state index contributed by atoms with van der Waals surface area (Å²) in [6.07, 6.45) is 27.1. The summed E-state index contributed by atoms with van der Waals surface area (Å²) in [5.41, 5.74) is 0. The highest BCUT2D eigenvalue weighted by atomic mass is 16.5. The Labute approximate surface area is 251 Å². The zero-order valence-electron chi connectivity index (χ0n) is 28.0. The third-order valence-corrected chi connectivity index (χ3v) is 7.81. The van der Waals surface area contributed by atoms with Crippen LogP contribution in [0.4, 0.5) is 0 Å². The van der Waals surface area contributed by atoms with E-state index < -0.39 is 0 Å². The fourth-order valence-electron chi connectivity index (χ4n) is 5.22. The zero-order chi connectivity index (χ0) is 29.4. The van der Waals surface area contributed by atoms with Gasteiger partial charge in [-0.1, -0.05) is 89.9 Å². The van der Waals surface area contributed by atoms with Crippen LogP contribution < -0.4 is 9.47 Å². The Kier molecular flexibility index (Phi) is 21.4. The van der Waals surface area contributed by atoms with Crippen molar-refractivity contribution in [3.63, 3.8) is 0 Å². The molecule has 1 aromatic carbocycles. The summed E-state index contributed by atoms with van der Waals surface area (Å²) in [7, 11) is 13.7. The first-order chi connectivity index (χ1) is 19.2. The molecule has 0 radical (unpaired) electrons. The standard InChI is InChI=1S/C36H70N2O2/c1-37(2,3)31-23-19-15-11-7-9-13-17-21-25-33-39-35-27-29-36(30-28-35)40-34-26-22-18-14-10-8-12-16-20-24-32-38(4,5)6/h27-30H,7-26,31-34H2,1-6H3/q+2. The minimum atomic E-state index is 0.822. The number of benzene rings is 1. The molecule has 4 heteroatoms. The number of hydrogen-bond donors (Lipinski definition) is 0. The van der Waals surface area contributed by atoms with E-state index in [1.54, 1.807) is 0 Å². The Balaban J connectivity index is 1.86. The van der Waals surface area contributed by atoms with E-state index in [0.717, 1.165) is 46.5 Å². The molecule has 0 N–H and O–H groups in total. The van der Waals surface area contributed by atoms with Crippen molar-refractivity contribution >= 4 is 0 Å². The highest BCUT2D eigenvalue weighted by Crippen LogP contribution is 2.19. The van der Waals surface area contributed by atoms with Crippen molar-refractivity contribution in [1.82, 2.24) is 0 Å². The van der Waals surface area contributed by atoms with Gasteiger partial charge in [0.05, 0.1) is 68.6 Å². The molecule has 0 fully saturated rings. The van der Waals surface area contributed by atoms with Crippen molar-refractivity contribution in [2.75, 3.05) is 68.6 Å². The van der Waals surface area contributed by atoms with Gasteiger partial charge in [0.15, 0.2) is 0 Å². The van der Waals surface area contributed by atoms with Crippen molar-refractivity contribution in [2.24, 2.45) is 0 Å². The van der Waals surface area contributed by atoms with Crippen molar-refractivity contribution in [2.45, 2.75) is 128 Å². The third-order valence-electron chi connectivity index (χ3n) is 7.81. The predicted molar refractivity (Wildman–Crippen MR) is 176 cm³/mol. The maximum absolute atomic E-state index is 5.94. The molecule has 0 aliphatic heterocycles. The fraction of sp³-hybridized carbons (Fsp3) is 0.833. The van der Waals surface area contributed by atoms with Crippen LogP contribution in [-0.4, -0.2) is 77.6 Å². The maximum Gasteiger partial charge on any atom is 0.119 e. The van der Waals surface area contributed by atoms with E-state index in [1.165, 1.54) is 129 Å². The topological polar surface area (TPSA) is 18.5 Å². The van der Waals surface area contributed by atoms with Gasteiger partial charge in [-0.05, 0) is 62.8 Å². The summed E-state index contributed by atoms with van der Waals surface area (Å²) in [6.45, 7) is 4.25. The van der Waals surface area contributed by atoms with Crippen LogP contribution in [0.1, 0.15) is 128 Å². The Hall–Kier alpha value is -1.26. The Morgan fingerprint density at radius 1 is 0.350 bits per heavy atom. The molecule has 234 valence electrons. The summed E-state index contributed by atoms with van der Waals surface area (Å²) in [5.74, 6) is 1.93. The van der Waals surface area contributed by atoms with Gasteiger partial charge in [0.25, 0.3) is 0 Å². The quantitative estimate of drug-likeness (QED) is 0.0747. The number of hydrogen-bond acceptors (Lipinski definition) is 2. The van der Waals surface area contributed by atoms with Gasteiger partial charge in [-0.2, -0.15) is 0 Å². The molecule has 0 bridgehead atoms. The lowest BCUT2D eigenvalue weighted by molar-refractivity contribution is -0.870. The van der Waals surface area contributed by atoms with E-state index in [0.29, 0.717) is 0 Å². The average Bonchev–Trinajstić information content (AvgIpc) is 2.89. The highest BCUT2D eigenvalue weighted by molar-refractivity contribution is 5.31. The van der Waals surface area contributed by atoms with Crippen molar-refractivity contribution in [3.8, 4) is 11.5 Å². The first-order valence-corrected chi connectivity index (χ1v) is 17.1. The van der Waals surface area contributed by atoms with Crippen LogP contribution in [0.15, 0.2) is 24.3 Å². The van der Waals surface area contributed by atoms with Gasteiger partial charge in [0.1, 0.15) is 11.5 Å². The van der Waals surface area contributed by atoms with Crippen LogP contribution in [0.2, 0.25) is 0 Å². The number of quaternary nitrogens is 2. The van der Waals surface area contributed by atoms with Gasteiger partial charge in [-0.25, -0.2) is 0 Å². The largest absolute Gasteiger partial charge is 0.494 e. The molecule has 0 aromatic heterocycles.